The van der Waals surface area contributed by atoms with Gasteiger partial charge in [-0.15, -0.1) is 0 Å². The van der Waals surface area contributed by atoms with Crippen molar-refractivity contribution in [1.82, 2.24) is 30.0 Å². The number of alkyl halides is 1. The fraction of sp³-hybridized carbons (Fsp3) is 0.308. The second-order valence-electron chi connectivity index (χ2n) is 9.04. The van der Waals surface area contributed by atoms with Crippen LogP contribution in [0.4, 0.5) is 4.39 Å². The third-order valence-corrected chi connectivity index (χ3v) is 6.59. The molecule has 5 rings (SSSR count). The fourth-order valence-corrected chi connectivity index (χ4v) is 5.01. The molecule has 34 heavy (non-hydrogen) atoms. The normalized spacial score (nSPS) is 18.5. The van der Waals surface area contributed by atoms with E-state index in [-0.39, 0.29) is 11.6 Å². The standard InChI is InChI=1S/C26H27FN6O/c1-15-11-20-25(16(2)24(15)17-5-8-28-9-6-17)18(23-7-10-29-33(23)4)12-21(30-20)26(34)31-22-14-32(3)13-19(22)27/h5-12,19,22H,13-14H2,1-4H3,(H,31,34)/t19-,22+/m0/s1. The average Bonchev–Trinajstić information content (AvgIpc) is 3.37. The first kappa shape index (κ1) is 22.2. The van der Waals surface area contributed by atoms with Crippen molar-refractivity contribution in [3.63, 3.8) is 0 Å². The van der Waals surface area contributed by atoms with Gasteiger partial charge in [0.1, 0.15) is 11.9 Å². The van der Waals surface area contributed by atoms with E-state index in [9.17, 15) is 9.18 Å². The lowest BCUT2D eigenvalue weighted by molar-refractivity contribution is 0.0919. The topological polar surface area (TPSA) is 75.9 Å². The molecular weight excluding hydrogens is 431 g/mol. The minimum Gasteiger partial charge on any atom is -0.344 e. The van der Waals surface area contributed by atoms with Crippen molar-refractivity contribution in [2.24, 2.45) is 7.05 Å². The van der Waals surface area contributed by atoms with E-state index in [1.165, 1.54) is 0 Å². The summed E-state index contributed by atoms with van der Waals surface area (Å²) in [6, 6.07) is 9.16. The summed E-state index contributed by atoms with van der Waals surface area (Å²) in [5, 5.41) is 8.14. The first-order chi connectivity index (χ1) is 16.3. The lowest BCUT2D eigenvalue weighted by Gasteiger charge is -2.18. The van der Waals surface area contributed by atoms with E-state index < -0.39 is 12.2 Å². The van der Waals surface area contributed by atoms with Gasteiger partial charge in [-0.1, -0.05) is 0 Å². The van der Waals surface area contributed by atoms with Gasteiger partial charge in [-0.05, 0) is 73.5 Å². The number of nitrogens with one attached hydrogen (secondary N) is 1. The molecule has 0 unspecified atom stereocenters. The van der Waals surface area contributed by atoms with Gasteiger partial charge in [0.2, 0.25) is 0 Å². The predicted octanol–water partition coefficient (Wildman–Crippen LogP) is 3.70. The number of aryl methyl sites for hydroxylation is 3. The zero-order chi connectivity index (χ0) is 24.0. The van der Waals surface area contributed by atoms with Gasteiger partial charge in [-0.3, -0.25) is 14.5 Å². The lowest BCUT2D eigenvalue weighted by Crippen LogP contribution is -2.41. The number of aromatic nitrogens is 4. The van der Waals surface area contributed by atoms with Crippen LogP contribution in [0.1, 0.15) is 21.6 Å². The summed E-state index contributed by atoms with van der Waals surface area (Å²) in [5.41, 5.74) is 7.03. The third-order valence-electron chi connectivity index (χ3n) is 6.59. The predicted molar refractivity (Wildman–Crippen MR) is 130 cm³/mol. The number of amides is 1. The van der Waals surface area contributed by atoms with Gasteiger partial charge in [0.15, 0.2) is 0 Å². The molecule has 1 N–H and O–H groups in total. The van der Waals surface area contributed by atoms with Crippen molar-refractivity contribution in [1.29, 1.82) is 0 Å². The molecule has 0 saturated carbocycles. The quantitative estimate of drug-likeness (QED) is 0.505. The summed E-state index contributed by atoms with van der Waals surface area (Å²) < 4.78 is 16.1. The van der Waals surface area contributed by atoms with Gasteiger partial charge in [0, 0.05) is 49.7 Å². The molecule has 0 spiro atoms. The van der Waals surface area contributed by atoms with Crippen LogP contribution >= 0.6 is 0 Å². The third kappa shape index (κ3) is 3.84. The highest BCUT2D eigenvalue weighted by Crippen LogP contribution is 2.37. The number of hydrogen-bond donors (Lipinski definition) is 1. The monoisotopic (exact) mass is 458 g/mol. The van der Waals surface area contributed by atoms with Crippen LogP contribution in [0.2, 0.25) is 0 Å². The number of pyridine rings is 2. The smallest absolute Gasteiger partial charge is 0.270 e. The van der Waals surface area contributed by atoms with E-state index >= 15 is 0 Å². The van der Waals surface area contributed by atoms with Crippen LogP contribution in [0, 0.1) is 13.8 Å². The van der Waals surface area contributed by atoms with Crippen LogP contribution in [0.15, 0.2) is 48.9 Å². The summed E-state index contributed by atoms with van der Waals surface area (Å²) in [4.78, 5) is 23.9. The Hall–Kier alpha value is -3.65. The molecule has 1 fully saturated rings. The minimum absolute atomic E-state index is 0.265. The molecule has 0 aliphatic carbocycles. The summed E-state index contributed by atoms with van der Waals surface area (Å²) in [6.45, 7) is 4.91. The highest BCUT2D eigenvalue weighted by Gasteiger charge is 2.32. The Balaban J connectivity index is 1.69. The SMILES string of the molecule is Cc1cc2nc(C(=O)N[C@@H]3CN(C)C[C@@H]3F)cc(-c3ccnn3C)c2c(C)c1-c1ccncc1. The molecule has 2 atom stereocenters. The van der Waals surface area contributed by atoms with Crippen molar-refractivity contribution >= 4 is 16.8 Å². The van der Waals surface area contributed by atoms with Gasteiger partial charge in [-0.2, -0.15) is 5.10 Å². The molecule has 4 heterocycles. The van der Waals surface area contributed by atoms with Crippen molar-refractivity contribution in [2.45, 2.75) is 26.1 Å². The largest absolute Gasteiger partial charge is 0.344 e. The number of hydrogen-bond acceptors (Lipinski definition) is 5. The molecule has 4 aromatic rings. The Morgan fingerprint density at radius 2 is 1.85 bits per heavy atom. The fourth-order valence-electron chi connectivity index (χ4n) is 5.01. The summed E-state index contributed by atoms with van der Waals surface area (Å²) in [6.07, 6.45) is 4.20. The molecule has 1 aliphatic heterocycles. The molecule has 8 heteroatoms. The maximum Gasteiger partial charge on any atom is 0.270 e. The van der Waals surface area contributed by atoms with E-state index in [2.05, 4.69) is 22.3 Å². The number of likely N-dealkylation sites (tertiary alicyclic amines) is 1. The van der Waals surface area contributed by atoms with E-state index in [0.29, 0.717) is 13.1 Å². The molecule has 3 aromatic heterocycles. The molecule has 0 bridgehead atoms. The van der Waals surface area contributed by atoms with E-state index in [1.54, 1.807) is 29.3 Å². The first-order valence-corrected chi connectivity index (χ1v) is 11.3. The zero-order valence-electron chi connectivity index (χ0n) is 19.7. The van der Waals surface area contributed by atoms with Crippen molar-refractivity contribution in [3.8, 4) is 22.4 Å². The van der Waals surface area contributed by atoms with Crippen molar-refractivity contribution in [3.05, 3.63) is 65.7 Å². The highest BCUT2D eigenvalue weighted by atomic mass is 19.1. The number of likely N-dealkylation sites (N-methyl/N-ethyl adjacent to an activating group) is 1. The maximum atomic E-state index is 14.3. The summed E-state index contributed by atoms with van der Waals surface area (Å²) in [5.74, 6) is -0.373. The van der Waals surface area contributed by atoms with Gasteiger partial charge < -0.3 is 10.2 Å². The van der Waals surface area contributed by atoms with Gasteiger partial charge in [0.05, 0.1) is 17.3 Å². The van der Waals surface area contributed by atoms with Crippen LogP contribution in [0.3, 0.4) is 0 Å². The number of rotatable bonds is 4. The van der Waals surface area contributed by atoms with Crippen LogP contribution < -0.4 is 5.32 Å². The summed E-state index contributed by atoms with van der Waals surface area (Å²) >= 11 is 0. The molecule has 1 aromatic carbocycles. The maximum absolute atomic E-state index is 14.3. The van der Waals surface area contributed by atoms with Gasteiger partial charge in [-0.25, -0.2) is 9.37 Å². The number of carbonyl (C=O) groups is 1. The van der Waals surface area contributed by atoms with E-state index in [0.717, 1.165) is 44.4 Å². The van der Waals surface area contributed by atoms with E-state index in [4.69, 9.17) is 4.98 Å². The Labute approximate surface area is 197 Å². The molecule has 0 radical (unpaired) electrons. The van der Waals surface area contributed by atoms with Crippen molar-refractivity contribution < 1.29 is 9.18 Å². The lowest BCUT2D eigenvalue weighted by atomic mass is 9.90. The Morgan fingerprint density at radius 1 is 1.09 bits per heavy atom. The van der Waals surface area contributed by atoms with Crippen molar-refractivity contribution in [2.75, 3.05) is 20.1 Å². The number of fused-ring (bicyclic) bond motifs is 1. The van der Waals surface area contributed by atoms with Crippen LogP contribution in [-0.4, -0.2) is 62.9 Å². The second-order valence-corrected chi connectivity index (χ2v) is 9.04. The van der Waals surface area contributed by atoms with Crippen LogP contribution in [-0.2, 0) is 7.05 Å². The molecule has 1 saturated heterocycles. The molecule has 1 aliphatic rings. The Kier molecular flexibility index (Phi) is 5.61. The van der Waals surface area contributed by atoms with E-state index in [1.807, 2.05) is 50.2 Å². The van der Waals surface area contributed by atoms with Gasteiger partial charge >= 0.3 is 0 Å². The molecular formula is C26H27FN6O. The first-order valence-electron chi connectivity index (χ1n) is 11.3. The minimum atomic E-state index is -1.10. The molecule has 174 valence electrons. The zero-order valence-corrected chi connectivity index (χ0v) is 19.7. The number of nitrogens with zero attached hydrogens (tertiary/aromatic N) is 5. The average molecular weight is 459 g/mol. The number of halogens is 1. The van der Waals surface area contributed by atoms with Crippen LogP contribution in [0.5, 0.6) is 0 Å². The number of carbonyl (C=O) groups excluding carboxylic acids is 1. The highest BCUT2D eigenvalue weighted by molar-refractivity contribution is 6.04. The summed E-state index contributed by atoms with van der Waals surface area (Å²) in [7, 11) is 3.72. The Bertz CT molecular complexity index is 1380. The Morgan fingerprint density at radius 3 is 2.50 bits per heavy atom. The molecule has 1 amide bonds. The van der Waals surface area contributed by atoms with Gasteiger partial charge in [0.25, 0.3) is 5.91 Å². The molecule has 7 nitrogen and oxygen atoms in total. The second kappa shape index (κ2) is 8.61. The van der Waals surface area contributed by atoms with Crippen LogP contribution in [0.25, 0.3) is 33.3 Å². The number of benzene rings is 1.